The third kappa shape index (κ3) is 5.37. The predicted molar refractivity (Wildman–Crippen MR) is 119 cm³/mol. The van der Waals surface area contributed by atoms with Gasteiger partial charge in [-0.05, 0) is 75.6 Å². The maximum Gasteiger partial charge on any atom is 0.251 e. The summed E-state index contributed by atoms with van der Waals surface area (Å²) in [5, 5.41) is 2.95. The minimum absolute atomic E-state index is 0.215. The SMILES string of the molecule is CCOc1ccc([C@@H](C)NC(=O)c2ccc(S(=O)(=O)N3CCCC3)cc2)cc1OCC. The summed E-state index contributed by atoms with van der Waals surface area (Å²) in [7, 11) is -3.49. The molecule has 0 aromatic heterocycles. The van der Waals surface area contributed by atoms with Crippen LogP contribution in [0.4, 0.5) is 0 Å². The zero-order chi connectivity index (χ0) is 22.4. The molecule has 1 aliphatic heterocycles. The molecule has 0 aliphatic carbocycles. The first-order valence-electron chi connectivity index (χ1n) is 10.7. The fraction of sp³-hybridized carbons (Fsp3) is 0.435. The summed E-state index contributed by atoms with van der Waals surface area (Å²) < 4.78 is 38.0. The van der Waals surface area contributed by atoms with Crippen LogP contribution >= 0.6 is 0 Å². The Labute approximate surface area is 184 Å². The smallest absolute Gasteiger partial charge is 0.251 e. The lowest BCUT2D eigenvalue weighted by Gasteiger charge is -2.18. The zero-order valence-corrected chi connectivity index (χ0v) is 19.1. The number of rotatable bonds is 9. The number of benzene rings is 2. The fourth-order valence-corrected chi connectivity index (χ4v) is 5.07. The lowest BCUT2D eigenvalue weighted by molar-refractivity contribution is 0.0939. The topological polar surface area (TPSA) is 84.9 Å². The molecule has 1 heterocycles. The molecule has 1 amide bonds. The van der Waals surface area contributed by atoms with E-state index in [1.54, 1.807) is 12.1 Å². The summed E-state index contributed by atoms with van der Waals surface area (Å²) in [6.07, 6.45) is 1.77. The molecule has 8 heteroatoms. The number of sulfonamides is 1. The van der Waals surface area contributed by atoms with Gasteiger partial charge in [-0.25, -0.2) is 8.42 Å². The predicted octanol–water partition coefficient (Wildman–Crippen LogP) is 3.76. The van der Waals surface area contributed by atoms with Gasteiger partial charge >= 0.3 is 0 Å². The van der Waals surface area contributed by atoms with Gasteiger partial charge in [0, 0.05) is 18.7 Å². The van der Waals surface area contributed by atoms with Crippen LogP contribution in [0, 0.1) is 0 Å². The van der Waals surface area contributed by atoms with Gasteiger partial charge in [0.25, 0.3) is 5.91 Å². The summed E-state index contributed by atoms with van der Waals surface area (Å²) in [6.45, 7) is 7.85. The van der Waals surface area contributed by atoms with Crippen molar-refractivity contribution in [1.29, 1.82) is 0 Å². The maximum absolute atomic E-state index is 12.7. The van der Waals surface area contributed by atoms with Crippen molar-refractivity contribution >= 4 is 15.9 Å². The normalized spacial score (nSPS) is 15.5. The molecule has 0 unspecified atom stereocenters. The third-order valence-corrected chi connectivity index (χ3v) is 7.15. The van der Waals surface area contributed by atoms with Crippen LogP contribution in [0.5, 0.6) is 11.5 Å². The molecule has 3 rings (SSSR count). The second-order valence-corrected chi connectivity index (χ2v) is 9.34. The van der Waals surface area contributed by atoms with Crippen LogP contribution in [0.25, 0.3) is 0 Å². The van der Waals surface area contributed by atoms with Crippen molar-refractivity contribution in [3.8, 4) is 11.5 Å². The van der Waals surface area contributed by atoms with E-state index in [2.05, 4.69) is 5.32 Å². The number of nitrogens with one attached hydrogen (secondary N) is 1. The van der Waals surface area contributed by atoms with E-state index < -0.39 is 10.0 Å². The van der Waals surface area contributed by atoms with E-state index in [-0.39, 0.29) is 16.8 Å². The standard InChI is InChI=1S/C23H30N2O5S/c1-4-29-21-13-10-19(16-22(21)30-5-2)17(3)24-23(26)18-8-11-20(12-9-18)31(27,28)25-14-6-7-15-25/h8-13,16-17H,4-7,14-15H2,1-3H3,(H,24,26)/t17-/m1/s1. The molecule has 1 fully saturated rings. The van der Waals surface area contributed by atoms with E-state index in [9.17, 15) is 13.2 Å². The summed E-state index contributed by atoms with van der Waals surface area (Å²) in [4.78, 5) is 12.9. The van der Waals surface area contributed by atoms with Crippen LogP contribution < -0.4 is 14.8 Å². The minimum Gasteiger partial charge on any atom is -0.490 e. The molecular weight excluding hydrogens is 416 g/mol. The Morgan fingerprint density at radius 2 is 1.61 bits per heavy atom. The number of hydrogen-bond donors (Lipinski definition) is 1. The van der Waals surface area contributed by atoms with Gasteiger partial charge in [0.1, 0.15) is 0 Å². The molecule has 1 saturated heterocycles. The Hall–Kier alpha value is -2.58. The largest absolute Gasteiger partial charge is 0.490 e. The van der Waals surface area contributed by atoms with Gasteiger partial charge in [-0.2, -0.15) is 4.31 Å². The Bertz CT molecular complexity index is 999. The molecule has 1 atom stereocenters. The van der Waals surface area contributed by atoms with Gasteiger partial charge < -0.3 is 14.8 Å². The average molecular weight is 447 g/mol. The quantitative estimate of drug-likeness (QED) is 0.634. The highest BCUT2D eigenvalue weighted by Gasteiger charge is 2.27. The minimum atomic E-state index is -3.49. The van der Waals surface area contributed by atoms with Crippen LogP contribution in [0.15, 0.2) is 47.4 Å². The molecule has 31 heavy (non-hydrogen) atoms. The van der Waals surface area contributed by atoms with E-state index in [1.165, 1.54) is 16.4 Å². The Morgan fingerprint density at radius 3 is 2.23 bits per heavy atom. The van der Waals surface area contributed by atoms with Gasteiger partial charge in [0.2, 0.25) is 10.0 Å². The number of hydrogen-bond acceptors (Lipinski definition) is 5. The highest BCUT2D eigenvalue weighted by molar-refractivity contribution is 7.89. The van der Waals surface area contributed by atoms with Crippen molar-refractivity contribution in [2.45, 2.75) is 44.6 Å². The van der Waals surface area contributed by atoms with E-state index in [0.717, 1.165) is 18.4 Å². The second kappa shape index (κ2) is 10.2. The number of nitrogens with zero attached hydrogens (tertiary/aromatic N) is 1. The Balaban J connectivity index is 1.70. The Kier molecular flexibility index (Phi) is 7.56. The molecule has 0 radical (unpaired) electrons. The van der Waals surface area contributed by atoms with Crippen molar-refractivity contribution in [2.75, 3.05) is 26.3 Å². The van der Waals surface area contributed by atoms with Crippen LogP contribution in [-0.2, 0) is 10.0 Å². The first-order chi connectivity index (χ1) is 14.9. The van der Waals surface area contributed by atoms with Crippen LogP contribution in [0.2, 0.25) is 0 Å². The molecule has 0 spiro atoms. The molecule has 168 valence electrons. The molecule has 2 aromatic rings. The number of amides is 1. The monoisotopic (exact) mass is 446 g/mol. The summed E-state index contributed by atoms with van der Waals surface area (Å²) in [6, 6.07) is 11.4. The number of carbonyl (C=O) groups excluding carboxylic acids is 1. The lowest BCUT2D eigenvalue weighted by Crippen LogP contribution is -2.28. The second-order valence-electron chi connectivity index (χ2n) is 7.40. The first kappa shape index (κ1) is 23.1. The highest BCUT2D eigenvalue weighted by Crippen LogP contribution is 2.31. The van der Waals surface area contributed by atoms with Crippen LogP contribution in [-0.4, -0.2) is 44.9 Å². The van der Waals surface area contributed by atoms with Gasteiger partial charge in [-0.15, -0.1) is 0 Å². The van der Waals surface area contributed by atoms with Crippen molar-refractivity contribution in [2.24, 2.45) is 0 Å². The van der Waals surface area contributed by atoms with Gasteiger partial charge in [-0.3, -0.25) is 4.79 Å². The highest BCUT2D eigenvalue weighted by atomic mass is 32.2. The molecular formula is C23H30N2O5S. The lowest BCUT2D eigenvalue weighted by atomic mass is 10.1. The molecule has 1 aliphatic rings. The van der Waals surface area contributed by atoms with Gasteiger partial charge in [0.15, 0.2) is 11.5 Å². The average Bonchev–Trinajstić information content (AvgIpc) is 3.31. The number of carbonyl (C=O) groups is 1. The van der Waals surface area contributed by atoms with E-state index in [1.807, 2.05) is 39.0 Å². The van der Waals surface area contributed by atoms with E-state index in [4.69, 9.17) is 9.47 Å². The van der Waals surface area contributed by atoms with Crippen LogP contribution in [0.1, 0.15) is 55.6 Å². The van der Waals surface area contributed by atoms with Gasteiger partial charge in [0.05, 0.1) is 24.2 Å². The summed E-state index contributed by atoms with van der Waals surface area (Å²) in [5.41, 5.74) is 1.29. The molecule has 0 saturated carbocycles. The van der Waals surface area contributed by atoms with Crippen LogP contribution in [0.3, 0.4) is 0 Å². The van der Waals surface area contributed by atoms with E-state index in [0.29, 0.717) is 43.4 Å². The van der Waals surface area contributed by atoms with Crippen molar-refractivity contribution in [3.63, 3.8) is 0 Å². The third-order valence-electron chi connectivity index (χ3n) is 5.23. The molecule has 0 bridgehead atoms. The van der Waals surface area contributed by atoms with Crippen molar-refractivity contribution in [1.82, 2.24) is 9.62 Å². The molecule has 2 aromatic carbocycles. The zero-order valence-electron chi connectivity index (χ0n) is 18.3. The van der Waals surface area contributed by atoms with Crippen molar-refractivity contribution < 1.29 is 22.7 Å². The summed E-state index contributed by atoms with van der Waals surface area (Å²) >= 11 is 0. The van der Waals surface area contributed by atoms with Crippen molar-refractivity contribution in [3.05, 3.63) is 53.6 Å². The van der Waals surface area contributed by atoms with E-state index >= 15 is 0 Å². The fourth-order valence-electron chi connectivity index (χ4n) is 3.56. The molecule has 7 nitrogen and oxygen atoms in total. The number of ether oxygens (including phenoxy) is 2. The molecule has 1 N–H and O–H groups in total. The summed E-state index contributed by atoms with van der Waals surface area (Å²) in [5.74, 6) is 1.03. The maximum atomic E-state index is 12.7. The Morgan fingerprint density at radius 1 is 1.00 bits per heavy atom. The van der Waals surface area contributed by atoms with Gasteiger partial charge in [-0.1, -0.05) is 6.07 Å². The first-order valence-corrected chi connectivity index (χ1v) is 12.1.